The van der Waals surface area contributed by atoms with E-state index in [-0.39, 0.29) is 5.91 Å². The van der Waals surface area contributed by atoms with E-state index in [4.69, 9.17) is 0 Å². The molecule has 4 rings (SSSR count). The minimum absolute atomic E-state index is 0.259. The Labute approximate surface area is 126 Å². The lowest BCUT2D eigenvalue weighted by atomic mass is 10.1. The summed E-state index contributed by atoms with van der Waals surface area (Å²) >= 11 is 0. The van der Waals surface area contributed by atoms with E-state index < -0.39 is 0 Å². The number of amides is 1. The molecule has 0 unspecified atom stereocenters. The van der Waals surface area contributed by atoms with Gasteiger partial charge in [-0.1, -0.05) is 6.07 Å². The van der Waals surface area contributed by atoms with Crippen molar-refractivity contribution in [3.8, 4) is 0 Å². The maximum Gasteiger partial charge on any atom is 0.228 e. The van der Waals surface area contributed by atoms with Crippen molar-refractivity contribution in [3.05, 3.63) is 30.1 Å². The predicted octanol–water partition coefficient (Wildman–Crippen LogP) is 1.71. The van der Waals surface area contributed by atoms with Crippen LogP contribution in [0.1, 0.15) is 31.4 Å². The van der Waals surface area contributed by atoms with Crippen LogP contribution in [-0.2, 0) is 11.2 Å². The molecule has 1 saturated carbocycles. The molecule has 0 bridgehead atoms. The number of fused-ring (bicyclic) bond motifs is 1. The Balaban J connectivity index is 1.39. The molecule has 21 heavy (non-hydrogen) atoms. The van der Waals surface area contributed by atoms with Crippen LogP contribution in [0.2, 0.25) is 0 Å². The first-order chi connectivity index (χ1) is 10.3. The SMILES string of the molecule is O=C(Cc1ccccn1)N1CC[C@@H]2[C@@H]1CCN2CC1CC1. The van der Waals surface area contributed by atoms with Crippen LogP contribution in [0.25, 0.3) is 0 Å². The van der Waals surface area contributed by atoms with E-state index in [2.05, 4.69) is 14.8 Å². The lowest BCUT2D eigenvalue weighted by Gasteiger charge is -2.25. The molecule has 1 aromatic heterocycles. The van der Waals surface area contributed by atoms with Gasteiger partial charge in [0.2, 0.25) is 5.91 Å². The van der Waals surface area contributed by atoms with Gasteiger partial charge in [-0.05, 0) is 43.7 Å². The molecule has 3 fully saturated rings. The van der Waals surface area contributed by atoms with Crippen molar-refractivity contribution >= 4 is 5.91 Å². The fourth-order valence-electron chi connectivity index (χ4n) is 4.00. The van der Waals surface area contributed by atoms with Gasteiger partial charge in [0.15, 0.2) is 0 Å². The third kappa shape index (κ3) is 2.69. The first-order valence-electron chi connectivity index (χ1n) is 8.24. The van der Waals surface area contributed by atoms with Crippen molar-refractivity contribution in [2.75, 3.05) is 19.6 Å². The molecule has 2 atom stereocenters. The van der Waals surface area contributed by atoms with Gasteiger partial charge in [0.25, 0.3) is 0 Å². The number of nitrogens with zero attached hydrogens (tertiary/aromatic N) is 3. The van der Waals surface area contributed by atoms with Crippen LogP contribution < -0.4 is 0 Å². The first kappa shape index (κ1) is 13.3. The monoisotopic (exact) mass is 285 g/mol. The van der Waals surface area contributed by atoms with Crippen LogP contribution in [0.4, 0.5) is 0 Å². The topological polar surface area (TPSA) is 36.4 Å². The summed E-state index contributed by atoms with van der Waals surface area (Å²) in [7, 11) is 0. The lowest BCUT2D eigenvalue weighted by molar-refractivity contribution is -0.131. The van der Waals surface area contributed by atoms with E-state index >= 15 is 0 Å². The summed E-state index contributed by atoms with van der Waals surface area (Å²) in [6.07, 6.45) is 7.36. The molecule has 1 amide bonds. The summed E-state index contributed by atoms with van der Waals surface area (Å²) in [5, 5.41) is 0. The zero-order chi connectivity index (χ0) is 14.2. The molecular formula is C17H23N3O. The number of likely N-dealkylation sites (tertiary alicyclic amines) is 2. The molecule has 0 aromatic carbocycles. The largest absolute Gasteiger partial charge is 0.338 e. The van der Waals surface area contributed by atoms with Crippen molar-refractivity contribution in [2.24, 2.45) is 5.92 Å². The lowest BCUT2D eigenvalue weighted by Crippen LogP contribution is -2.40. The zero-order valence-corrected chi connectivity index (χ0v) is 12.4. The minimum Gasteiger partial charge on any atom is -0.338 e. The highest BCUT2D eigenvalue weighted by atomic mass is 16.2. The molecule has 0 spiro atoms. The van der Waals surface area contributed by atoms with Crippen LogP contribution >= 0.6 is 0 Å². The summed E-state index contributed by atoms with van der Waals surface area (Å²) in [6, 6.07) is 6.87. The summed E-state index contributed by atoms with van der Waals surface area (Å²) in [5.41, 5.74) is 0.888. The Hall–Kier alpha value is -1.42. The number of pyridine rings is 1. The van der Waals surface area contributed by atoms with E-state index in [0.29, 0.717) is 18.5 Å². The second-order valence-corrected chi connectivity index (χ2v) is 6.74. The maximum atomic E-state index is 12.6. The van der Waals surface area contributed by atoms with Gasteiger partial charge in [-0.15, -0.1) is 0 Å². The predicted molar refractivity (Wildman–Crippen MR) is 80.8 cm³/mol. The smallest absolute Gasteiger partial charge is 0.228 e. The third-order valence-electron chi connectivity index (χ3n) is 5.26. The fraction of sp³-hybridized carbons (Fsp3) is 0.647. The minimum atomic E-state index is 0.259. The second kappa shape index (κ2) is 5.41. The van der Waals surface area contributed by atoms with Crippen molar-refractivity contribution in [2.45, 2.75) is 44.2 Å². The number of aromatic nitrogens is 1. The van der Waals surface area contributed by atoms with Crippen LogP contribution in [0, 0.1) is 5.92 Å². The standard InChI is InChI=1S/C17H23N3O/c21-17(11-14-3-1-2-8-18-14)20-10-7-15-16(20)6-9-19(15)12-13-4-5-13/h1-3,8,13,15-16H,4-7,9-12H2/t15-,16+/m1/s1. The molecule has 3 aliphatic rings. The molecule has 4 nitrogen and oxygen atoms in total. The molecule has 0 N–H and O–H groups in total. The average molecular weight is 285 g/mol. The van der Waals surface area contributed by atoms with E-state index in [0.717, 1.165) is 31.0 Å². The normalized spacial score (nSPS) is 28.9. The molecule has 1 aliphatic carbocycles. The van der Waals surface area contributed by atoms with Crippen molar-refractivity contribution in [3.63, 3.8) is 0 Å². The highest BCUT2D eigenvalue weighted by molar-refractivity contribution is 5.79. The Morgan fingerprint density at radius 2 is 2.00 bits per heavy atom. The number of carbonyl (C=O) groups excluding carboxylic acids is 1. The zero-order valence-electron chi connectivity index (χ0n) is 12.4. The van der Waals surface area contributed by atoms with Crippen molar-refractivity contribution in [1.29, 1.82) is 0 Å². The number of hydrogen-bond donors (Lipinski definition) is 0. The van der Waals surface area contributed by atoms with Crippen LogP contribution in [-0.4, -0.2) is 52.4 Å². The molecule has 0 radical (unpaired) electrons. The Morgan fingerprint density at radius 3 is 2.76 bits per heavy atom. The first-order valence-corrected chi connectivity index (χ1v) is 8.24. The van der Waals surface area contributed by atoms with Crippen molar-refractivity contribution < 1.29 is 4.79 Å². The summed E-state index contributed by atoms with van der Waals surface area (Å²) < 4.78 is 0. The van der Waals surface area contributed by atoms with Crippen LogP contribution in [0.3, 0.4) is 0 Å². The van der Waals surface area contributed by atoms with Gasteiger partial charge >= 0.3 is 0 Å². The molecule has 2 saturated heterocycles. The summed E-state index contributed by atoms with van der Waals surface area (Å²) in [5.74, 6) is 1.21. The molecule has 4 heteroatoms. The fourth-order valence-corrected chi connectivity index (χ4v) is 4.00. The number of hydrogen-bond acceptors (Lipinski definition) is 3. The van der Waals surface area contributed by atoms with Gasteiger partial charge in [-0.3, -0.25) is 14.7 Å². The third-order valence-corrected chi connectivity index (χ3v) is 5.26. The van der Waals surface area contributed by atoms with Crippen molar-refractivity contribution in [1.82, 2.24) is 14.8 Å². The number of rotatable bonds is 4. The molecular weight excluding hydrogens is 262 g/mol. The van der Waals surface area contributed by atoms with Crippen LogP contribution in [0.15, 0.2) is 24.4 Å². The Kier molecular flexibility index (Phi) is 3.42. The van der Waals surface area contributed by atoms with Gasteiger partial charge in [0.1, 0.15) is 0 Å². The Bertz CT molecular complexity index is 514. The van der Waals surface area contributed by atoms with Gasteiger partial charge in [-0.25, -0.2) is 0 Å². The summed E-state index contributed by atoms with van der Waals surface area (Å²) in [6.45, 7) is 3.38. The van der Waals surface area contributed by atoms with Gasteiger partial charge < -0.3 is 4.90 Å². The molecule has 112 valence electrons. The highest BCUT2D eigenvalue weighted by Crippen LogP contribution is 2.36. The summed E-state index contributed by atoms with van der Waals surface area (Å²) in [4.78, 5) is 21.6. The van der Waals surface area contributed by atoms with Gasteiger partial charge in [0, 0.05) is 43.6 Å². The van der Waals surface area contributed by atoms with Gasteiger partial charge in [0.05, 0.1) is 6.42 Å². The van der Waals surface area contributed by atoms with E-state index in [1.807, 2.05) is 18.2 Å². The maximum absolute atomic E-state index is 12.6. The van der Waals surface area contributed by atoms with E-state index in [9.17, 15) is 4.79 Å². The average Bonchev–Trinajstić information content (AvgIpc) is 3.07. The van der Waals surface area contributed by atoms with E-state index in [1.165, 1.54) is 25.9 Å². The van der Waals surface area contributed by atoms with E-state index in [1.54, 1.807) is 6.20 Å². The molecule has 1 aromatic rings. The molecule has 3 heterocycles. The van der Waals surface area contributed by atoms with Crippen LogP contribution in [0.5, 0.6) is 0 Å². The quantitative estimate of drug-likeness (QED) is 0.845. The highest BCUT2D eigenvalue weighted by Gasteiger charge is 2.45. The number of carbonyl (C=O) groups is 1. The molecule has 2 aliphatic heterocycles. The Morgan fingerprint density at radius 1 is 1.14 bits per heavy atom. The van der Waals surface area contributed by atoms with Gasteiger partial charge in [-0.2, -0.15) is 0 Å². The second-order valence-electron chi connectivity index (χ2n) is 6.74.